The summed E-state index contributed by atoms with van der Waals surface area (Å²) in [5.74, 6) is -0.128. The number of carbonyl (C=O) groups is 2. The molecule has 0 fully saturated rings. The van der Waals surface area contributed by atoms with Crippen LogP contribution in [0.25, 0.3) is 0 Å². The molecule has 4 nitrogen and oxygen atoms in total. The molecule has 0 amide bonds. The van der Waals surface area contributed by atoms with Crippen LogP contribution < -0.4 is 0 Å². The van der Waals surface area contributed by atoms with Crippen molar-refractivity contribution in [2.75, 3.05) is 0 Å². The quantitative estimate of drug-likeness (QED) is 0.362. The molecule has 2 unspecified atom stereocenters. The van der Waals surface area contributed by atoms with E-state index in [1.807, 2.05) is 20.8 Å². The molecule has 0 aromatic carbocycles. The molecule has 16 heavy (non-hydrogen) atoms. The number of carbonyl (C=O) groups excluding carboxylic acids is 2. The average Bonchev–Trinajstić information content (AvgIpc) is 2.24. The fourth-order valence-corrected chi connectivity index (χ4v) is 1.45. The van der Waals surface area contributed by atoms with Crippen molar-refractivity contribution in [3.8, 4) is 0 Å². The van der Waals surface area contributed by atoms with Gasteiger partial charge in [-0.2, -0.15) is 0 Å². The predicted molar refractivity (Wildman–Crippen MR) is 60.8 cm³/mol. The Labute approximate surface area is 96.6 Å². The summed E-state index contributed by atoms with van der Waals surface area (Å²) >= 11 is 0. The molecule has 0 radical (unpaired) electrons. The van der Waals surface area contributed by atoms with Crippen LogP contribution in [-0.2, 0) is 19.1 Å². The van der Waals surface area contributed by atoms with Gasteiger partial charge in [-0.15, -0.1) is 0 Å². The van der Waals surface area contributed by atoms with Gasteiger partial charge in [0.25, 0.3) is 6.47 Å². The Bertz CT molecular complexity index is 235. The zero-order chi connectivity index (χ0) is 12.6. The lowest BCUT2D eigenvalue weighted by molar-refractivity contribution is -0.158. The lowest BCUT2D eigenvalue weighted by atomic mass is 10.00. The van der Waals surface area contributed by atoms with Crippen molar-refractivity contribution in [1.82, 2.24) is 0 Å². The van der Waals surface area contributed by atoms with Gasteiger partial charge in [-0.05, 0) is 18.8 Å². The monoisotopic (exact) mass is 228 g/mol. The maximum atomic E-state index is 11.1. The van der Waals surface area contributed by atoms with Gasteiger partial charge in [-0.3, -0.25) is 4.79 Å². The van der Waals surface area contributed by atoms with E-state index in [0.717, 1.165) is 6.08 Å². The molecule has 0 bridgehead atoms. The molecule has 0 N–H and O–H groups in total. The molecule has 0 aliphatic rings. The van der Waals surface area contributed by atoms with Crippen LogP contribution in [0.3, 0.4) is 0 Å². The molecule has 0 aliphatic carbocycles. The predicted octanol–water partition coefficient (Wildman–Crippen LogP) is 2.08. The first-order valence-corrected chi connectivity index (χ1v) is 5.47. The van der Waals surface area contributed by atoms with Gasteiger partial charge in [0.2, 0.25) is 0 Å². The molecule has 0 spiro atoms. The minimum atomic E-state index is -0.491. The fraction of sp³-hybridized carbons (Fsp3) is 0.667. The van der Waals surface area contributed by atoms with E-state index < -0.39 is 12.1 Å². The summed E-state index contributed by atoms with van der Waals surface area (Å²) < 4.78 is 10.1. The van der Waals surface area contributed by atoms with Crippen molar-refractivity contribution < 1.29 is 19.1 Å². The van der Waals surface area contributed by atoms with Gasteiger partial charge in [0, 0.05) is 6.08 Å². The summed E-state index contributed by atoms with van der Waals surface area (Å²) in [6.45, 7) is 9.64. The van der Waals surface area contributed by atoms with Crippen molar-refractivity contribution in [3.63, 3.8) is 0 Å². The fourth-order valence-electron chi connectivity index (χ4n) is 1.45. The minimum absolute atomic E-state index is 0.362. The molecule has 0 aliphatic heterocycles. The lowest BCUT2D eigenvalue weighted by Gasteiger charge is -2.25. The second-order valence-corrected chi connectivity index (χ2v) is 3.99. The minimum Gasteiger partial charge on any atom is -0.461 e. The highest BCUT2D eigenvalue weighted by Crippen LogP contribution is 2.16. The standard InChI is InChI=1S/C12H20O4/c1-5-10(16-12(14)6-2)11(15-8-13)7-9(3)4/h6,8-11H,2,5,7H2,1,3-4H3. The van der Waals surface area contributed by atoms with Crippen LogP contribution in [0.2, 0.25) is 0 Å². The molecule has 0 heterocycles. The van der Waals surface area contributed by atoms with Gasteiger partial charge in [0.05, 0.1) is 0 Å². The lowest BCUT2D eigenvalue weighted by Crippen LogP contribution is -2.33. The van der Waals surface area contributed by atoms with Crippen LogP contribution in [0, 0.1) is 5.92 Å². The highest BCUT2D eigenvalue weighted by atomic mass is 16.6. The molecule has 0 aromatic rings. The van der Waals surface area contributed by atoms with Crippen LogP contribution in [-0.4, -0.2) is 24.6 Å². The zero-order valence-corrected chi connectivity index (χ0v) is 10.1. The Morgan fingerprint density at radius 3 is 2.38 bits per heavy atom. The number of ether oxygens (including phenoxy) is 2. The summed E-state index contributed by atoms with van der Waals surface area (Å²) in [7, 11) is 0. The smallest absolute Gasteiger partial charge is 0.330 e. The Morgan fingerprint density at radius 2 is 2.00 bits per heavy atom. The van der Waals surface area contributed by atoms with E-state index in [0.29, 0.717) is 25.2 Å². The van der Waals surface area contributed by atoms with E-state index in [-0.39, 0.29) is 6.10 Å². The largest absolute Gasteiger partial charge is 0.461 e. The van der Waals surface area contributed by atoms with E-state index in [1.165, 1.54) is 0 Å². The number of rotatable bonds is 8. The third-order valence-electron chi connectivity index (χ3n) is 2.19. The van der Waals surface area contributed by atoms with Gasteiger partial charge in [-0.1, -0.05) is 27.4 Å². The molecular weight excluding hydrogens is 208 g/mol. The highest BCUT2D eigenvalue weighted by Gasteiger charge is 2.25. The summed E-state index contributed by atoms with van der Waals surface area (Å²) in [5.41, 5.74) is 0. The van der Waals surface area contributed by atoms with Gasteiger partial charge >= 0.3 is 5.97 Å². The van der Waals surface area contributed by atoms with Crippen molar-refractivity contribution >= 4 is 12.4 Å². The number of esters is 1. The van der Waals surface area contributed by atoms with E-state index in [1.54, 1.807) is 0 Å². The zero-order valence-electron chi connectivity index (χ0n) is 10.1. The summed E-state index contributed by atoms with van der Waals surface area (Å²) in [4.78, 5) is 21.5. The maximum absolute atomic E-state index is 11.1. The van der Waals surface area contributed by atoms with Crippen LogP contribution in [0.15, 0.2) is 12.7 Å². The van der Waals surface area contributed by atoms with Gasteiger partial charge in [0.1, 0.15) is 12.2 Å². The van der Waals surface area contributed by atoms with Gasteiger partial charge in [-0.25, -0.2) is 4.79 Å². The first-order valence-electron chi connectivity index (χ1n) is 5.47. The molecule has 0 rings (SSSR count). The Morgan fingerprint density at radius 1 is 1.38 bits per heavy atom. The van der Waals surface area contributed by atoms with Crippen molar-refractivity contribution in [3.05, 3.63) is 12.7 Å². The first-order chi connectivity index (χ1) is 7.54. The topological polar surface area (TPSA) is 52.6 Å². The Kier molecular flexibility index (Phi) is 7.25. The molecule has 0 saturated carbocycles. The van der Waals surface area contributed by atoms with Gasteiger partial charge in [0.15, 0.2) is 0 Å². The first kappa shape index (κ1) is 14.7. The second-order valence-electron chi connectivity index (χ2n) is 3.99. The number of hydrogen-bond donors (Lipinski definition) is 0. The second kappa shape index (κ2) is 7.91. The van der Waals surface area contributed by atoms with E-state index in [4.69, 9.17) is 9.47 Å². The molecular formula is C12H20O4. The third-order valence-corrected chi connectivity index (χ3v) is 2.19. The van der Waals surface area contributed by atoms with Gasteiger partial charge < -0.3 is 9.47 Å². The highest BCUT2D eigenvalue weighted by molar-refractivity contribution is 5.81. The SMILES string of the molecule is C=CC(=O)OC(CC)C(CC(C)C)OC=O. The summed E-state index contributed by atoms with van der Waals surface area (Å²) in [6.07, 6.45) is 1.59. The third kappa shape index (κ3) is 5.53. The van der Waals surface area contributed by atoms with Crippen molar-refractivity contribution in [1.29, 1.82) is 0 Å². The van der Waals surface area contributed by atoms with Crippen molar-refractivity contribution in [2.24, 2.45) is 5.92 Å². The molecule has 0 aromatic heterocycles. The van der Waals surface area contributed by atoms with Crippen LogP contribution in [0.1, 0.15) is 33.6 Å². The Hall–Kier alpha value is -1.32. The van der Waals surface area contributed by atoms with Crippen LogP contribution >= 0.6 is 0 Å². The maximum Gasteiger partial charge on any atom is 0.330 e. The van der Waals surface area contributed by atoms with E-state index >= 15 is 0 Å². The molecule has 0 saturated heterocycles. The average molecular weight is 228 g/mol. The van der Waals surface area contributed by atoms with E-state index in [2.05, 4.69) is 6.58 Å². The molecule has 92 valence electrons. The van der Waals surface area contributed by atoms with Crippen molar-refractivity contribution in [2.45, 2.75) is 45.8 Å². The van der Waals surface area contributed by atoms with E-state index in [9.17, 15) is 9.59 Å². The van der Waals surface area contributed by atoms with Crippen LogP contribution in [0.4, 0.5) is 0 Å². The summed E-state index contributed by atoms with van der Waals surface area (Å²) in [6, 6.07) is 0. The Balaban J connectivity index is 4.48. The number of hydrogen-bond acceptors (Lipinski definition) is 4. The molecule has 4 heteroatoms. The van der Waals surface area contributed by atoms with Crippen LogP contribution in [0.5, 0.6) is 0 Å². The summed E-state index contributed by atoms with van der Waals surface area (Å²) in [5, 5.41) is 0. The normalized spacial score (nSPS) is 14.0. The molecule has 2 atom stereocenters.